The minimum atomic E-state index is -3.48. The minimum absolute atomic E-state index is 0.284. The van der Waals surface area contributed by atoms with E-state index in [-0.39, 0.29) is 4.21 Å². The third-order valence-electron chi connectivity index (χ3n) is 4.14. The molecule has 5 nitrogen and oxygen atoms in total. The number of nitrogens with zero attached hydrogens (tertiary/aromatic N) is 2. The van der Waals surface area contributed by atoms with E-state index in [9.17, 15) is 8.42 Å². The number of sulfonamides is 1. The maximum atomic E-state index is 12.7. The summed E-state index contributed by atoms with van der Waals surface area (Å²) in [5.74, 6) is 0. The van der Waals surface area contributed by atoms with Crippen LogP contribution in [0.25, 0.3) is 0 Å². The lowest BCUT2D eigenvalue weighted by molar-refractivity contribution is 0.269. The Morgan fingerprint density at radius 3 is 2.27 bits per heavy atom. The molecule has 26 heavy (non-hydrogen) atoms. The molecule has 1 aromatic carbocycles. The summed E-state index contributed by atoms with van der Waals surface area (Å²) < 4.78 is 27.6. The van der Waals surface area contributed by atoms with Gasteiger partial charge in [-0.15, -0.1) is 11.3 Å². The zero-order valence-corrected chi connectivity index (χ0v) is 17.7. The van der Waals surface area contributed by atoms with Crippen molar-refractivity contribution in [1.82, 2.24) is 9.21 Å². The van der Waals surface area contributed by atoms with Crippen LogP contribution >= 0.6 is 35.2 Å². The number of benzene rings is 1. The summed E-state index contributed by atoms with van der Waals surface area (Å²) in [6.45, 7) is 5.98. The first-order valence-electron chi connectivity index (χ1n) is 8.15. The fourth-order valence-electron chi connectivity index (χ4n) is 2.94. The number of thiophene rings is 1. The van der Waals surface area contributed by atoms with Crippen molar-refractivity contribution in [2.24, 2.45) is 0 Å². The molecule has 0 radical (unpaired) electrons. The number of anilines is 1. The molecule has 0 atom stereocenters. The van der Waals surface area contributed by atoms with E-state index < -0.39 is 10.0 Å². The average Bonchev–Trinajstić information content (AvgIpc) is 3.01. The Morgan fingerprint density at radius 2 is 1.73 bits per heavy atom. The van der Waals surface area contributed by atoms with Crippen molar-refractivity contribution in [1.29, 1.82) is 0 Å². The quantitative estimate of drug-likeness (QED) is 0.753. The monoisotopic (exact) mass is 429 g/mol. The van der Waals surface area contributed by atoms with E-state index in [0.29, 0.717) is 35.6 Å². The van der Waals surface area contributed by atoms with Gasteiger partial charge in [-0.25, -0.2) is 8.42 Å². The number of hydrogen-bond donors (Lipinski definition) is 1. The second kappa shape index (κ2) is 7.82. The van der Waals surface area contributed by atoms with Crippen LogP contribution in [0, 0.1) is 13.8 Å². The Balaban J connectivity index is 1.62. The van der Waals surface area contributed by atoms with Gasteiger partial charge in [0.1, 0.15) is 4.21 Å². The topological polar surface area (TPSA) is 52.6 Å². The molecule has 0 aliphatic carbocycles. The highest BCUT2D eigenvalue weighted by Gasteiger charge is 2.30. The molecule has 1 saturated heterocycles. The molecule has 1 aromatic heterocycles. The summed E-state index contributed by atoms with van der Waals surface area (Å²) in [7, 11) is -3.48. The molecule has 3 rings (SSSR count). The number of nitrogens with one attached hydrogen (secondary N) is 1. The summed E-state index contributed by atoms with van der Waals surface area (Å²) in [5.41, 5.74) is 3.29. The molecule has 1 fully saturated rings. The van der Waals surface area contributed by atoms with Gasteiger partial charge in [-0.2, -0.15) is 4.31 Å². The molecule has 0 spiro atoms. The van der Waals surface area contributed by atoms with E-state index in [0.717, 1.165) is 17.0 Å². The SMILES string of the molecule is Cc1cc(C)cc(NC(=S)N2CCN(S(=O)(=O)c3ccc(Cl)s3)CC2)c1. The predicted molar refractivity (Wildman–Crippen MR) is 112 cm³/mol. The lowest BCUT2D eigenvalue weighted by Crippen LogP contribution is -2.51. The summed E-state index contributed by atoms with van der Waals surface area (Å²) in [6.07, 6.45) is 0. The molecule has 2 aromatic rings. The van der Waals surface area contributed by atoms with Gasteiger partial charge in [-0.05, 0) is 61.5 Å². The standard InChI is InChI=1S/C17H20ClN3O2S3/c1-12-9-13(2)11-14(10-12)19-17(24)20-5-7-21(8-6-20)26(22,23)16-4-3-15(18)25-16/h3-4,9-11H,5-8H2,1-2H3,(H,19,24). The first-order valence-corrected chi connectivity index (χ1v) is 11.2. The summed E-state index contributed by atoms with van der Waals surface area (Å²) in [5, 5.41) is 3.87. The van der Waals surface area contributed by atoms with Crippen LogP contribution in [0.2, 0.25) is 4.34 Å². The van der Waals surface area contributed by atoms with Crippen LogP contribution in [0.15, 0.2) is 34.5 Å². The smallest absolute Gasteiger partial charge is 0.252 e. The van der Waals surface area contributed by atoms with E-state index in [2.05, 4.69) is 11.4 Å². The Morgan fingerprint density at radius 1 is 1.12 bits per heavy atom. The van der Waals surface area contributed by atoms with E-state index >= 15 is 0 Å². The Labute approximate surface area is 168 Å². The zero-order valence-electron chi connectivity index (χ0n) is 14.5. The van der Waals surface area contributed by atoms with Gasteiger partial charge in [-0.3, -0.25) is 0 Å². The number of halogens is 1. The van der Waals surface area contributed by atoms with Crippen molar-refractivity contribution >= 4 is 56.0 Å². The molecular formula is C17H20ClN3O2S3. The van der Waals surface area contributed by atoms with Gasteiger partial charge < -0.3 is 10.2 Å². The first-order chi connectivity index (χ1) is 12.3. The highest BCUT2D eigenvalue weighted by Crippen LogP contribution is 2.28. The molecule has 0 bridgehead atoms. The molecule has 1 aliphatic heterocycles. The van der Waals surface area contributed by atoms with Crippen molar-refractivity contribution in [3.05, 3.63) is 45.8 Å². The number of thiocarbonyl (C=S) groups is 1. The van der Waals surface area contributed by atoms with Crippen molar-refractivity contribution in [3.8, 4) is 0 Å². The number of aryl methyl sites for hydroxylation is 2. The van der Waals surface area contributed by atoms with Crippen LogP contribution < -0.4 is 5.32 Å². The van der Waals surface area contributed by atoms with Crippen molar-refractivity contribution in [2.45, 2.75) is 18.1 Å². The number of rotatable bonds is 3. The lowest BCUT2D eigenvalue weighted by atomic mass is 10.1. The third-order valence-corrected chi connectivity index (χ3v) is 8.10. The van der Waals surface area contributed by atoms with Crippen LogP contribution in [0.5, 0.6) is 0 Å². The molecule has 1 aliphatic rings. The van der Waals surface area contributed by atoms with Gasteiger partial charge in [0.05, 0.1) is 4.34 Å². The highest BCUT2D eigenvalue weighted by molar-refractivity contribution is 7.91. The second-order valence-electron chi connectivity index (χ2n) is 6.26. The summed E-state index contributed by atoms with van der Waals surface area (Å²) >= 11 is 12.5. The Kier molecular flexibility index (Phi) is 5.88. The number of hydrogen-bond acceptors (Lipinski definition) is 4. The van der Waals surface area contributed by atoms with Gasteiger partial charge in [0, 0.05) is 31.9 Å². The predicted octanol–water partition coefficient (Wildman–Crippen LogP) is 3.72. The molecule has 9 heteroatoms. The summed E-state index contributed by atoms with van der Waals surface area (Å²) in [6, 6.07) is 9.36. The molecule has 0 unspecified atom stereocenters. The van der Waals surface area contributed by atoms with Crippen LogP contribution in [-0.2, 0) is 10.0 Å². The van der Waals surface area contributed by atoms with Crippen LogP contribution in [0.1, 0.15) is 11.1 Å². The Bertz CT molecular complexity index is 899. The Hall–Kier alpha value is -1.19. The summed E-state index contributed by atoms with van der Waals surface area (Å²) in [4.78, 5) is 2.00. The fourth-order valence-corrected chi connectivity index (χ4v) is 6.30. The van der Waals surface area contributed by atoms with Gasteiger partial charge in [0.15, 0.2) is 5.11 Å². The van der Waals surface area contributed by atoms with Gasteiger partial charge in [0.25, 0.3) is 10.0 Å². The second-order valence-corrected chi connectivity index (χ2v) is 10.5. The van der Waals surface area contributed by atoms with E-state index in [1.807, 2.05) is 30.9 Å². The van der Waals surface area contributed by atoms with Crippen molar-refractivity contribution < 1.29 is 8.42 Å². The molecule has 140 valence electrons. The third kappa shape index (κ3) is 4.37. The van der Waals surface area contributed by atoms with Gasteiger partial charge >= 0.3 is 0 Å². The number of piperazine rings is 1. The van der Waals surface area contributed by atoms with Crippen molar-refractivity contribution in [2.75, 3.05) is 31.5 Å². The maximum Gasteiger partial charge on any atom is 0.252 e. The largest absolute Gasteiger partial charge is 0.346 e. The normalized spacial score (nSPS) is 15.9. The molecular weight excluding hydrogens is 410 g/mol. The maximum absolute atomic E-state index is 12.7. The fraction of sp³-hybridized carbons (Fsp3) is 0.353. The van der Waals surface area contributed by atoms with E-state index in [4.69, 9.17) is 23.8 Å². The average molecular weight is 430 g/mol. The molecule has 1 N–H and O–H groups in total. The van der Waals surface area contributed by atoms with Crippen LogP contribution in [0.4, 0.5) is 5.69 Å². The molecule has 2 heterocycles. The minimum Gasteiger partial charge on any atom is -0.346 e. The lowest BCUT2D eigenvalue weighted by Gasteiger charge is -2.35. The van der Waals surface area contributed by atoms with Crippen LogP contribution in [-0.4, -0.2) is 48.9 Å². The first kappa shape index (κ1) is 19.6. The van der Waals surface area contributed by atoms with Crippen molar-refractivity contribution in [3.63, 3.8) is 0 Å². The van der Waals surface area contributed by atoms with E-state index in [1.54, 1.807) is 12.1 Å². The highest BCUT2D eigenvalue weighted by atomic mass is 35.5. The van der Waals surface area contributed by atoms with Gasteiger partial charge in [-0.1, -0.05) is 17.7 Å². The zero-order chi connectivity index (χ0) is 18.9. The van der Waals surface area contributed by atoms with Gasteiger partial charge in [0.2, 0.25) is 0 Å². The molecule has 0 saturated carbocycles. The van der Waals surface area contributed by atoms with Crippen LogP contribution in [0.3, 0.4) is 0 Å². The van der Waals surface area contributed by atoms with E-state index in [1.165, 1.54) is 15.4 Å². The molecule has 0 amide bonds.